The number of hydrogen-bond acceptors (Lipinski definition) is 5. The second-order valence-corrected chi connectivity index (χ2v) is 7.60. The fraction of sp³-hybridized carbons (Fsp3) is 0.278. The van der Waals surface area contributed by atoms with Crippen molar-refractivity contribution in [2.75, 3.05) is 12.4 Å². The number of aromatic nitrogens is 3. The van der Waals surface area contributed by atoms with Crippen LogP contribution in [0.25, 0.3) is 11.3 Å². The molecule has 2 heterocycles. The molecule has 136 valence electrons. The third kappa shape index (κ3) is 3.81. The van der Waals surface area contributed by atoms with Crippen molar-refractivity contribution >= 4 is 38.3 Å². The molecule has 0 aliphatic carbocycles. The molecular formula is C18H19BrN4O2S. The number of thiazole rings is 1. The number of benzene rings is 1. The van der Waals surface area contributed by atoms with Crippen LogP contribution < -0.4 is 10.1 Å². The van der Waals surface area contributed by atoms with E-state index in [4.69, 9.17) is 4.74 Å². The summed E-state index contributed by atoms with van der Waals surface area (Å²) in [7, 11) is 3.51. The number of anilines is 1. The van der Waals surface area contributed by atoms with Crippen molar-refractivity contribution in [3.05, 3.63) is 45.0 Å². The van der Waals surface area contributed by atoms with E-state index in [2.05, 4.69) is 31.3 Å². The molecule has 0 bridgehead atoms. The van der Waals surface area contributed by atoms with Crippen LogP contribution in [0, 0.1) is 13.8 Å². The SMILES string of the molecule is COc1ccc(-c2csc(NC(=O)Cc3c(C)nn(C)c3C)n2)cc1Br. The summed E-state index contributed by atoms with van der Waals surface area (Å²) in [5, 5.41) is 9.72. The zero-order valence-corrected chi connectivity index (χ0v) is 17.4. The Morgan fingerprint density at radius 1 is 1.38 bits per heavy atom. The van der Waals surface area contributed by atoms with Crippen molar-refractivity contribution in [2.45, 2.75) is 20.3 Å². The normalized spacial score (nSPS) is 10.8. The lowest BCUT2D eigenvalue weighted by Gasteiger charge is -2.05. The first kappa shape index (κ1) is 18.6. The van der Waals surface area contributed by atoms with Gasteiger partial charge in [-0.25, -0.2) is 4.98 Å². The number of carbonyl (C=O) groups is 1. The van der Waals surface area contributed by atoms with Crippen LogP contribution in [0.3, 0.4) is 0 Å². The maximum Gasteiger partial charge on any atom is 0.230 e. The first-order valence-corrected chi connectivity index (χ1v) is 9.64. The van der Waals surface area contributed by atoms with Gasteiger partial charge in [0.15, 0.2) is 5.13 Å². The number of nitrogens with zero attached hydrogens (tertiary/aromatic N) is 3. The fourth-order valence-corrected chi connectivity index (χ4v) is 3.96. The van der Waals surface area contributed by atoms with Gasteiger partial charge in [-0.1, -0.05) is 0 Å². The Bertz CT molecular complexity index is 964. The van der Waals surface area contributed by atoms with Crippen LogP contribution in [-0.2, 0) is 18.3 Å². The maximum absolute atomic E-state index is 12.4. The zero-order chi connectivity index (χ0) is 18.8. The number of carbonyl (C=O) groups excluding carboxylic acids is 1. The quantitative estimate of drug-likeness (QED) is 0.655. The number of nitrogens with one attached hydrogen (secondary N) is 1. The van der Waals surface area contributed by atoms with Crippen LogP contribution in [-0.4, -0.2) is 27.8 Å². The summed E-state index contributed by atoms with van der Waals surface area (Å²) in [5.41, 5.74) is 4.60. The predicted octanol–water partition coefficient (Wildman–Crippen LogP) is 4.11. The van der Waals surface area contributed by atoms with Crippen molar-refractivity contribution < 1.29 is 9.53 Å². The van der Waals surface area contributed by atoms with Crippen molar-refractivity contribution in [2.24, 2.45) is 7.05 Å². The second kappa shape index (κ2) is 7.59. The summed E-state index contributed by atoms with van der Waals surface area (Å²) in [6.07, 6.45) is 0.286. The van der Waals surface area contributed by atoms with Crippen LogP contribution in [0.2, 0.25) is 0 Å². The molecule has 0 spiro atoms. The molecule has 0 radical (unpaired) electrons. The van der Waals surface area contributed by atoms with Crippen LogP contribution in [0.4, 0.5) is 5.13 Å². The number of hydrogen-bond donors (Lipinski definition) is 1. The lowest BCUT2D eigenvalue weighted by atomic mass is 10.1. The third-order valence-electron chi connectivity index (χ3n) is 4.19. The van der Waals surface area contributed by atoms with Gasteiger partial charge in [0.05, 0.1) is 29.4 Å². The lowest BCUT2D eigenvalue weighted by Crippen LogP contribution is -2.15. The van der Waals surface area contributed by atoms with Gasteiger partial charge in [0.25, 0.3) is 0 Å². The first-order chi connectivity index (χ1) is 12.4. The van der Waals surface area contributed by atoms with Crippen LogP contribution in [0.15, 0.2) is 28.1 Å². The summed E-state index contributed by atoms with van der Waals surface area (Å²) in [5.74, 6) is 0.667. The maximum atomic E-state index is 12.4. The Hall–Kier alpha value is -2.19. The van der Waals surface area contributed by atoms with Crippen LogP contribution in [0.1, 0.15) is 17.0 Å². The molecule has 0 atom stereocenters. The van der Waals surface area contributed by atoms with Gasteiger partial charge < -0.3 is 10.1 Å². The highest BCUT2D eigenvalue weighted by molar-refractivity contribution is 9.10. The van der Waals surface area contributed by atoms with Crippen molar-refractivity contribution in [3.8, 4) is 17.0 Å². The molecule has 6 nitrogen and oxygen atoms in total. The molecule has 1 N–H and O–H groups in total. The van der Waals surface area contributed by atoms with Gasteiger partial charge in [0, 0.05) is 29.2 Å². The van der Waals surface area contributed by atoms with Gasteiger partial charge in [0.2, 0.25) is 5.91 Å². The molecule has 1 aromatic carbocycles. The van der Waals surface area contributed by atoms with Crippen LogP contribution in [0.5, 0.6) is 5.75 Å². The summed E-state index contributed by atoms with van der Waals surface area (Å²) >= 11 is 4.88. The third-order valence-corrected chi connectivity index (χ3v) is 5.57. The molecule has 0 aliphatic heterocycles. The number of amides is 1. The van der Waals surface area contributed by atoms with Gasteiger partial charge >= 0.3 is 0 Å². The summed E-state index contributed by atoms with van der Waals surface area (Å²) in [6.45, 7) is 3.88. The van der Waals surface area contributed by atoms with Gasteiger partial charge in [-0.15, -0.1) is 11.3 Å². The minimum Gasteiger partial charge on any atom is -0.496 e. The molecular weight excluding hydrogens is 416 g/mol. The standard InChI is InChI=1S/C18H19BrN4O2S/c1-10-13(11(2)23(3)22-10)8-17(24)21-18-20-15(9-26-18)12-5-6-16(25-4)14(19)7-12/h5-7,9H,8H2,1-4H3,(H,20,21,24). The van der Waals surface area contributed by atoms with E-state index in [0.717, 1.165) is 38.4 Å². The molecule has 26 heavy (non-hydrogen) atoms. The van der Waals surface area contributed by atoms with Gasteiger partial charge in [-0.3, -0.25) is 9.48 Å². The number of aryl methyl sites for hydroxylation is 2. The highest BCUT2D eigenvalue weighted by Gasteiger charge is 2.15. The largest absolute Gasteiger partial charge is 0.496 e. The Morgan fingerprint density at radius 3 is 2.77 bits per heavy atom. The van der Waals surface area contributed by atoms with Crippen molar-refractivity contribution in [1.82, 2.24) is 14.8 Å². The second-order valence-electron chi connectivity index (χ2n) is 5.89. The molecule has 8 heteroatoms. The molecule has 3 aromatic rings. The van der Waals surface area contributed by atoms with E-state index in [1.165, 1.54) is 11.3 Å². The average molecular weight is 435 g/mol. The molecule has 1 amide bonds. The Kier molecular flexibility index (Phi) is 5.43. The van der Waals surface area contributed by atoms with E-state index < -0.39 is 0 Å². The highest BCUT2D eigenvalue weighted by atomic mass is 79.9. The first-order valence-electron chi connectivity index (χ1n) is 7.97. The predicted molar refractivity (Wildman–Crippen MR) is 107 cm³/mol. The minimum atomic E-state index is -0.0963. The zero-order valence-electron chi connectivity index (χ0n) is 15.0. The van der Waals surface area contributed by atoms with E-state index in [0.29, 0.717) is 5.13 Å². The number of ether oxygens (including phenoxy) is 1. The highest BCUT2D eigenvalue weighted by Crippen LogP contribution is 2.32. The fourth-order valence-electron chi connectivity index (χ4n) is 2.69. The number of halogens is 1. The minimum absolute atomic E-state index is 0.0963. The van der Waals surface area contributed by atoms with Gasteiger partial charge in [-0.2, -0.15) is 5.10 Å². The molecule has 0 aliphatic rings. The molecule has 0 unspecified atom stereocenters. The number of methoxy groups -OCH3 is 1. The van der Waals surface area contributed by atoms with E-state index in [-0.39, 0.29) is 12.3 Å². The lowest BCUT2D eigenvalue weighted by molar-refractivity contribution is -0.115. The molecule has 3 rings (SSSR count). The Labute approximate surface area is 164 Å². The summed E-state index contributed by atoms with van der Waals surface area (Å²) in [6, 6.07) is 5.76. The van der Waals surface area contributed by atoms with Gasteiger partial charge in [0.1, 0.15) is 5.75 Å². The molecule has 0 saturated carbocycles. The van der Waals surface area contributed by atoms with Crippen molar-refractivity contribution in [3.63, 3.8) is 0 Å². The van der Waals surface area contributed by atoms with Crippen molar-refractivity contribution in [1.29, 1.82) is 0 Å². The van der Waals surface area contributed by atoms with E-state index in [1.54, 1.807) is 11.8 Å². The Morgan fingerprint density at radius 2 is 2.15 bits per heavy atom. The van der Waals surface area contributed by atoms with Gasteiger partial charge in [-0.05, 0) is 48.0 Å². The van der Waals surface area contributed by atoms with E-state index in [9.17, 15) is 4.79 Å². The molecule has 0 fully saturated rings. The van der Waals surface area contributed by atoms with E-state index in [1.807, 2.05) is 44.5 Å². The topological polar surface area (TPSA) is 69.0 Å². The molecule has 0 saturated heterocycles. The smallest absolute Gasteiger partial charge is 0.230 e. The Balaban J connectivity index is 1.72. The average Bonchev–Trinajstić information content (AvgIpc) is 3.15. The number of rotatable bonds is 5. The van der Waals surface area contributed by atoms with E-state index >= 15 is 0 Å². The van der Waals surface area contributed by atoms with Crippen LogP contribution >= 0.6 is 27.3 Å². The summed E-state index contributed by atoms with van der Waals surface area (Å²) < 4.78 is 7.90. The monoisotopic (exact) mass is 434 g/mol. The molecule has 2 aromatic heterocycles. The summed E-state index contributed by atoms with van der Waals surface area (Å²) in [4.78, 5) is 16.9.